The van der Waals surface area contributed by atoms with E-state index in [2.05, 4.69) is 10.1 Å². The Morgan fingerprint density at radius 2 is 1.62 bits per heavy atom. The molecule has 29 heavy (non-hydrogen) atoms. The van der Waals surface area contributed by atoms with Gasteiger partial charge >= 0.3 is 11.9 Å². The lowest BCUT2D eigenvalue weighted by Gasteiger charge is -2.08. The quantitative estimate of drug-likeness (QED) is 0.628. The topological polar surface area (TPSA) is 116 Å². The molecular formula is C19H18ClNO7S. The zero-order valence-corrected chi connectivity index (χ0v) is 17.0. The number of ether oxygens (including phenoxy) is 2. The van der Waals surface area contributed by atoms with Gasteiger partial charge in [-0.1, -0.05) is 11.6 Å². The summed E-state index contributed by atoms with van der Waals surface area (Å²) in [5.74, 6) is -2.39. The minimum absolute atomic E-state index is 0.0443. The van der Waals surface area contributed by atoms with E-state index in [-0.39, 0.29) is 4.90 Å². The summed E-state index contributed by atoms with van der Waals surface area (Å²) in [5.41, 5.74) is 0.711. The van der Waals surface area contributed by atoms with Gasteiger partial charge in [0.1, 0.15) is 0 Å². The van der Waals surface area contributed by atoms with E-state index < -0.39 is 46.5 Å². The Labute approximate surface area is 172 Å². The van der Waals surface area contributed by atoms with Crippen LogP contribution in [-0.2, 0) is 28.9 Å². The van der Waals surface area contributed by atoms with Gasteiger partial charge in [0.2, 0.25) is 0 Å². The Kier molecular flexibility index (Phi) is 7.74. The number of hydrogen-bond acceptors (Lipinski definition) is 7. The number of esters is 2. The van der Waals surface area contributed by atoms with Crippen LogP contribution in [-0.4, -0.2) is 45.7 Å². The molecule has 10 heteroatoms. The van der Waals surface area contributed by atoms with Gasteiger partial charge in [-0.15, -0.1) is 0 Å². The minimum atomic E-state index is -3.67. The van der Waals surface area contributed by atoms with Crippen molar-refractivity contribution in [1.29, 1.82) is 0 Å². The second-order valence-corrected chi connectivity index (χ2v) is 8.35. The number of rotatable bonds is 8. The lowest BCUT2D eigenvalue weighted by Crippen LogP contribution is -2.22. The summed E-state index contributed by atoms with van der Waals surface area (Å²) in [4.78, 5) is 35.0. The molecular weight excluding hydrogens is 422 g/mol. The van der Waals surface area contributed by atoms with Crippen LogP contribution in [0, 0.1) is 0 Å². The smallest absolute Gasteiger partial charge is 0.337 e. The van der Waals surface area contributed by atoms with Crippen molar-refractivity contribution in [3.8, 4) is 0 Å². The average Bonchev–Trinajstić information content (AvgIpc) is 2.71. The molecule has 0 aromatic heterocycles. The van der Waals surface area contributed by atoms with E-state index in [0.29, 0.717) is 16.3 Å². The summed E-state index contributed by atoms with van der Waals surface area (Å²) >= 11 is 5.72. The number of methoxy groups -OCH3 is 1. The second kappa shape index (κ2) is 10.0. The van der Waals surface area contributed by atoms with Crippen LogP contribution in [0.3, 0.4) is 0 Å². The van der Waals surface area contributed by atoms with Crippen LogP contribution in [0.4, 0.5) is 5.69 Å². The summed E-state index contributed by atoms with van der Waals surface area (Å²) in [6.07, 6.45) is -0.397. The van der Waals surface area contributed by atoms with E-state index in [9.17, 15) is 22.8 Å². The normalized spacial score (nSPS) is 10.8. The summed E-state index contributed by atoms with van der Waals surface area (Å²) in [6.45, 7) is -0.571. The Morgan fingerprint density at radius 3 is 2.21 bits per heavy atom. The van der Waals surface area contributed by atoms with Crippen molar-refractivity contribution in [2.45, 2.75) is 11.3 Å². The summed E-state index contributed by atoms with van der Waals surface area (Å²) in [6, 6.07) is 11.5. The van der Waals surface area contributed by atoms with Crippen molar-refractivity contribution in [2.75, 3.05) is 24.8 Å². The van der Waals surface area contributed by atoms with Gasteiger partial charge in [-0.3, -0.25) is 9.59 Å². The molecule has 0 aliphatic carbocycles. The van der Waals surface area contributed by atoms with Crippen LogP contribution in [0.5, 0.6) is 0 Å². The van der Waals surface area contributed by atoms with Crippen molar-refractivity contribution in [3.63, 3.8) is 0 Å². The van der Waals surface area contributed by atoms with Gasteiger partial charge in [0.05, 0.1) is 29.7 Å². The van der Waals surface area contributed by atoms with E-state index in [1.54, 1.807) is 0 Å². The standard InChI is InChI=1S/C19H18ClNO7S/c1-27-19(24)13-2-6-15(7-3-13)21-17(22)12-28-18(23)10-11-29(25,26)16-8-4-14(20)5-9-16/h2-9H,10-12H2,1H3,(H,21,22). The predicted octanol–water partition coefficient (Wildman–Crippen LogP) is 2.47. The third kappa shape index (κ3) is 6.88. The highest BCUT2D eigenvalue weighted by atomic mass is 35.5. The van der Waals surface area contributed by atoms with Crippen LogP contribution in [0.15, 0.2) is 53.4 Å². The van der Waals surface area contributed by atoms with Gasteiger partial charge in [0, 0.05) is 10.7 Å². The van der Waals surface area contributed by atoms with E-state index in [0.717, 1.165) is 0 Å². The Bertz CT molecular complexity index is 986. The first-order valence-corrected chi connectivity index (χ1v) is 10.4. The summed E-state index contributed by atoms with van der Waals surface area (Å²) in [7, 11) is -2.41. The Morgan fingerprint density at radius 1 is 1.00 bits per heavy atom. The molecule has 1 amide bonds. The number of anilines is 1. The molecule has 1 N–H and O–H groups in total. The fourth-order valence-electron chi connectivity index (χ4n) is 2.20. The number of hydrogen-bond donors (Lipinski definition) is 1. The molecule has 2 aromatic rings. The largest absolute Gasteiger partial charge is 0.465 e. The van der Waals surface area contributed by atoms with Crippen molar-refractivity contribution in [1.82, 2.24) is 0 Å². The molecule has 0 saturated carbocycles. The zero-order valence-electron chi connectivity index (χ0n) is 15.4. The summed E-state index contributed by atoms with van der Waals surface area (Å²) in [5, 5.41) is 2.88. The average molecular weight is 440 g/mol. The van der Waals surface area contributed by atoms with E-state index in [4.69, 9.17) is 16.3 Å². The maximum atomic E-state index is 12.2. The van der Waals surface area contributed by atoms with Gasteiger partial charge in [0.15, 0.2) is 16.4 Å². The molecule has 2 aromatic carbocycles. The third-order valence-electron chi connectivity index (χ3n) is 3.70. The number of benzene rings is 2. The van der Waals surface area contributed by atoms with Crippen LogP contribution < -0.4 is 5.32 Å². The van der Waals surface area contributed by atoms with Crippen molar-refractivity contribution >= 4 is 45.0 Å². The molecule has 0 aliphatic rings. The molecule has 0 saturated heterocycles. The fourth-order valence-corrected chi connectivity index (χ4v) is 3.55. The molecule has 0 unspecified atom stereocenters. The first-order chi connectivity index (χ1) is 13.7. The maximum absolute atomic E-state index is 12.2. The second-order valence-electron chi connectivity index (χ2n) is 5.80. The number of amides is 1. The van der Waals surface area contributed by atoms with Crippen molar-refractivity contribution in [3.05, 3.63) is 59.1 Å². The van der Waals surface area contributed by atoms with Gasteiger partial charge in [-0.2, -0.15) is 0 Å². The Balaban J connectivity index is 1.79. The SMILES string of the molecule is COC(=O)c1ccc(NC(=O)COC(=O)CCS(=O)(=O)c2ccc(Cl)cc2)cc1. The molecule has 0 bridgehead atoms. The molecule has 0 atom stereocenters. The van der Waals surface area contributed by atoms with Gasteiger partial charge in [0.25, 0.3) is 5.91 Å². The van der Waals surface area contributed by atoms with Crippen LogP contribution in [0.1, 0.15) is 16.8 Å². The molecule has 154 valence electrons. The lowest BCUT2D eigenvalue weighted by molar-refractivity contribution is -0.146. The fraction of sp³-hybridized carbons (Fsp3) is 0.211. The zero-order chi connectivity index (χ0) is 21.4. The van der Waals surface area contributed by atoms with E-state index >= 15 is 0 Å². The van der Waals surface area contributed by atoms with Crippen molar-refractivity contribution < 1.29 is 32.3 Å². The molecule has 2 rings (SSSR count). The number of carbonyl (C=O) groups excluding carboxylic acids is 3. The number of nitrogens with one attached hydrogen (secondary N) is 1. The van der Waals surface area contributed by atoms with E-state index in [1.807, 2.05) is 0 Å². The molecule has 0 aliphatic heterocycles. The van der Waals surface area contributed by atoms with E-state index in [1.165, 1.54) is 55.6 Å². The highest BCUT2D eigenvalue weighted by Gasteiger charge is 2.18. The molecule has 0 spiro atoms. The number of sulfone groups is 1. The minimum Gasteiger partial charge on any atom is -0.465 e. The van der Waals surface area contributed by atoms with Gasteiger partial charge in [-0.25, -0.2) is 13.2 Å². The van der Waals surface area contributed by atoms with Crippen LogP contribution in [0.25, 0.3) is 0 Å². The van der Waals surface area contributed by atoms with Crippen LogP contribution >= 0.6 is 11.6 Å². The van der Waals surface area contributed by atoms with Crippen molar-refractivity contribution in [2.24, 2.45) is 0 Å². The third-order valence-corrected chi connectivity index (χ3v) is 5.69. The molecule has 0 radical (unpaired) electrons. The van der Waals surface area contributed by atoms with Gasteiger partial charge in [-0.05, 0) is 48.5 Å². The first kappa shape index (κ1) is 22.4. The monoisotopic (exact) mass is 439 g/mol. The lowest BCUT2D eigenvalue weighted by atomic mass is 10.2. The number of carbonyl (C=O) groups is 3. The first-order valence-electron chi connectivity index (χ1n) is 8.33. The highest BCUT2D eigenvalue weighted by Crippen LogP contribution is 2.16. The molecule has 0 fully saturated rings. The van der Waals surface area contributed by atoms with Crippen LogP contribution in [0.2, 0.25) is 5.02 Å². The maximum Gasteiger partial charge on any atom is 0.337 e. The van der Waals surface area contributed by atoms with Gasteiger partial charge < -0.3 is 14.8 Å². The highest BCUT2D eigenvalue weighted by molar-refractivity contribution is 7.91. The Hall–Kier alpha value is -2.91. The predicted molar refractivity (Wildman–Crippen MR) is 105 cm³/mol. The molecule has 8 nitrogen and oxygen atoms in total. The number of halogens is 1. The summed E-state index contributed by atoms with van der Waals surface area (Å²) < 4.78 is 33.7. The molecule has 0 heterocycles.